The van der Waals surface area contributed by atoms with Gasteiger partial charge < -0.3 is 0 Å². The number of nitrogens with zero attached hydrogens (tertiary/aromatic N) is 2. The van der Waals surface area contributed by atoms with Gasteiger partial charge in [-0.25, -0.2) is 0 Å². The van der Waals surface area contributed by atoms with Gasteiger partial charge in [0.1, 0.15) is 5.69 Å². The number of hydrogen-bond acceptors (Lipinski definition) is 4. The molecule has 3 heterocycles. The lowest BCUT2D eigenvalue weighted by Crippen LogP contribution is -2.11. The SMILES string of the molecule is CCCn1ncc(Br)c1C(=O)c1cc2c(s1)CCSC2. The van der Waals surface area contributed by atoms with Crippen molar-refractivity contribution in [2.75, 3.05) is 5.75 Å². The van der Waals surface area contributed by atoms with Crippen molar-refractivity contribution in [2.45, 2.75) is 32.1 Å². The molecule has 0 aromatic carbocycles. The summed E-state index contributed by atoms with van der Waals surface area (Å²) in [5.74, 6) is 2.29. The number of halogens is 1. The number of thioether (sulfide) groups is 1. The summed E-state index contributed by atoms with van der Waals surface area (Å²) >= 11 is 7.05. The number of carbonyl (C=O) groups excluding carboxylic acids is 1. The molecule has 0 bridgehead atoms. The van der Waals surface area contributed by atoms with E-state index in [4.69, 9.17) is 0 Å². The number of thiophene rings is 1. The highest BCUT2D eigenvalue weighted by atomic mass is 79.9. The maximum atomic E-state index is 12.8. The molecule has 6 heteroatoms. The molecule has 0 spiro atoms. The van der Waals surface area contributed by atoms with Gasteiger partial charge in [0.15, 0.2) is 0 Å². The molecule has 0 radical (unpaired) electrons. The van der Waals surface area contributed by atoms with E-state index < -0.39 is 0 Å². The standard InChI is InChI=1S/C14H15BrN2OS2/c1-2-4-17-13(10(15)7-16-17)14(18)12-6-9-8-19-5-3-11(9)20-12/h6-7H,2-5,8H2,1H3. The number of ketones is 1. The molecule has 1 aliphatic rings. The lowest BCUT2D eigenvalue weighted by Gasteiger charge is -2.08. The van der Waals surface area contributed by atoms with Crippen molar-refractivity contribution in [3.05, 3.63) is 37.7 Å². The molecule has 1 aliphatic heterocycles. The van der Waals surface area contributed by atoms with Gasteiger partial charge in [0.25, 0.3) is 0 Å². The molecule has 0 aliphatic carbocycles. The van der Waals surface area contributed by atoms with E-state index in [1.54, 1.807) is 22.2 Å². The molecule has 3 rings (SSSR count). The van der Waals surface area contributed by atoms with Gasteiger partial charge in [0, 0.05) is 17.2 Å². The second-order valence-corrected chi connectivity index (χ2v) is 7.85. The fraction of sp³-hybridized carbons (Fsp3) is 0.429. The predicted octanol–water partition coefficient (Wildman–Crippen LogP) is 4.14. The smallest absolute Gasteiger partial charge is 0.222 e. The van der Waals surface area contributed by atoms with Crippen LogP contribution < -0.4 is 0 Å². The first-order valence-corrected chi connectivity index (χ1v) is 9.42. The maximum absolute atomic E-state index is 12.8. The largest absolute Gasteiger partial charge is 0.286 e. The first kappa shape index (κ1) is 14.4. The fourth-order valence-corrected chi connectivity index (χ4v) is 5.13. The Kier molecular flexibility index (Phi) is 4.33. The predicted molar refractivity (Wildman–Crippen MR) is 87.8 cm³/mol. The van der Waals surface area contributed by atoms with Crippen LogP contribution in [-0.2, 0) is 18.7 Å². The Morgan fingerprint density at radius 1 is 1.55 bits per heavy atom. The summed E-state index contributed by atoms with van der Waals surface area (Å²) in [6.45, 7) is 2.86. The minimum atomic E-state index is 0.0900. The van der Waals surface area contributed by atoms with E-state index in [2.05, 4.69) is 34.0 Å². The van der Waals surface area contributed by atoms with Gasteiger partial charge in [0.05, 0.1) is 15.5 Å². The van der Waals surface area contributed by atoms with E-state index in [0.717, 1.165) is 34.5 Å². The van der Waals surface area contributed by atoms with Crippen molar-refractivity contribution >= 4 is 44.8 Å². The third kappa shape index (κ3) is 2.61. The average Bonchev–Trinajstić information content (AvgIpc) is 3.02. The zero-order valence-corrected chi connectivity index (χ0v) is 14.4. The molecule has 3 nitrogen and oxygen atoms in total. The van der Waals surface area contributed by atoms with Crippen molar-refractivity contribution < 1.29 is 4.79 Å². The molecular weight excluding hydrogens is 356 g/mol. The summed E-state index contributed by atoms with van der Waals surface area (Å²) in [5, 5.41) is 4.28. The Hall–Kier alpha value is -0.590. The van der Waals surface area contributed by atoms with E-state index in [9.17, 15) is 4.79 Å². The van der Waals surface area contributed by atoms with E-state index in [1.165, 1.54) is 16.2 Å². The maximum Gasteiger partial charge on any atom is 0.222 e. The first-order chi connectivity index (χ1) is 9.70. The number of rotatable bonds is 4. The second kappa shape index (κ2) is 6.03. The van der Waals surface area contributed by atoms with Crippen molar-refractivity contribution in [3.63, 3.8) is 0 Å². The van der Waals surface area contributed by atoms with Crippen molar-refractivity contribution in [2.24, 2.45) is 0 Å². The van der Waals surface area contributed by atoms with Crippen LogP contribution >= 0.6 is 39.0 Å². The molecule has 20 heavy (non-hydrogen) atoms. The molecule has 0 unspecified atom stereocenters. The van der Waals surface area contributed by atoms with Crippen LogP contribution in [0.1, 0.15) is 39.2 Å². The lowest BCUT2D eigenvalue weighted by molar-refractivity contribution is 0.103. The van der Waals surface area contributed by atoms with Crippen LogP contribution in [0.5, 0.6) is 0 Å². The molecule has 2 aromatic heterocycles. The molecule has 106 valence electrons. The third-order valence-electron chi connectivity index (χ3n) is 3.30. The van der Waals surface area contributed by atoms with E-state index in [1.807, 2.05) is 11.8 Å². The van der Waals surface area contributed by atoms with E-state index >= 15 is 0 Å². The Balaban J connectivity index is 1.96. The molecule has 0 saturated carbocycles. The topological polar surface area (TPSA) is 34.9 Å². The summed E-state index contributed by atoms with van der Waals surface area (Å²) in [6.07, 6.45) is 3.77. The molecule has 0 N–H and O–H groups in total. The van der Waals surface area contributed by atoms with Gasteiger partial charge in [-0.2, -0.15) is 16.9 Å². The van der Waals surface area contributed by atoms with Crippen LogP contribution in [0.4, 0.5) is 0 Å². The zero-order valence-electron chi connectivity index (χ0n) is 11.2. The number of fused-ring (bicyclic) bond motifs is 1. The second-order valence-electron chi connectivity index (χ2n) is 4.76. The number of hydrogen-bond donors (Lipinski definition) is 0. The van der Waals surface area contributed by atoms with E-state index in [0.29, 0.717) is 5.69 Å². The quantitative estimate of drug-likeness (QED) is 0.758. The Morgan fingerprint density at radius 3 is 3.15 bits per heavy atom. The molecular formula is C14H15BrN2OS2. The number of carbonyl (C=O) groups is 1. The monoisotopic (exact) mass is 370 g/mol. The van der Waals surface area contributed by atoms with Crippen LogP contribution in [0, 0.1) is 0 Å². The van der Waals surface area contributed by atoms with Gasteiger partial charge in [0.2, 0.25) is 5.78 Å². The molecule has 2 aromatic rings. The summed E-state index contributed by atoms with van der Waals surface area (Å²) in [7, 11) is 0. The Labute approximate surface area is 134 Å². The van der Waals surface area contributed by atoms with Gasteiger partial charge in [-0.15, -0.1) is 11.3 Å². The van der Waals surface area contributed by atoms with Gasteiger partial charge in [-0.3, -0.25) is 9.48 Å². The van der Waals surface area contributed by atoms with Gasteiger partial charge in [-0.1, -0.05) is 6.92 Å². The number of aryl methyl sites for hydroxylation is 2. The van der Waals surface area contributed by atoms with Crippen LogP contribution in [0.2, 0.25) is 0 Å². The highest BCUT2D eigenvalue weighted by Gasteiger charge is 2.23. The van der Waals surface area contributed by atoms with Crippen LogP contribution in [0.15, 0.2) is 16.7 Å². The fourth-order valence-electron chi connectivity index (χ4n) is 2.35. The Bertz CT molecular complexity index is 624. The molecule has 0 atom stereocenters. The molecule has 0 amide bonds. The van der Waals surface area contributed by atoms with Gasteiger partial charge in [-0.05, 0) is 46.2 Å². The lowest BCUT2D eigenvalue weighted by atomic mass is 10.2. The third-order valence-corrected chi connectivity index (χ3v) is 6.12. The minimum Gasteiger partial charge on any atom is -0.286 e. The summed E-state index contributed by atoms with van der Waals surface area (Å²) in [6, 6.07) is 2.07. The highest BCUT2D eigenvalue weighted by Crippen LogP contribution is 2.33. The van der Waals surface area contributed by atoms with Crippen molar-refractivity contribution in [1.82, 2.24) is 9.78 Å². The summed E-state index contributed by atoms with van der Waals surface area (Å²) in [5.41, 5.74) is 2.02. The Morgan fingerprint density at radius 2 is 2.40 bits per heavy atom. The summed E-state index contributed by atoms with van der Waals surface area (Å²) < 4.78 is 2.59. The van der Waals surface area contributed by atoms with Gasteiger partial charge >= 0.3 is 0 Å². The van der Waals surface area contributed by atoms with E-state index in [-0.39, 0.29) is 5.78 Å². The highest BCUT2D eigenvalue weighted by molar-refractivity contribution is 9.10. The normalized spacial score (nSPS) is 14.3. The number of aromatic nitrogens is 2. The minimum absolute atomic E-state index is 0.0900. The van der Waals surface area contributed by atoms with Crippen molar-refractivity contribution in [1.29, 1.82) is 0 Å². The first-order valence-electron chi connectivity index (χ1n) is 6.66. The summed E-state index contributed by atoms with van der Waals surface area (Å²) in [4.78, 5) is 15.0. The van der Waals surface area contributed by atoms with Crippen LogP contribution in [0.25, 0.3) is 0 Å². The van der Waals surface area contributed by atoms with Crippen molar-refractivity contribution in [3.8, 4) is 0 Å². The average molecular weight is 371 g/mol. The molecule has 0 fully saturated rings. The molecule has 0 saturated heterocycles. The zero-order chi connectivity index (χ0) is 14.1. The van der Waals surface area contributed by atoms with Crippen LogP contribution in [0.3, 0.4) is 0 Å². The van der Waals surface area contributed by atoms with Crippen LogP contribution in [-0.4, -0.2) is 21.3 Å².